The maximum absolute atomic E-state index is 11.7. The predicted molar refractivity (Wildman–Crippen MR) is 162 cm³/mol. The van der Waals surface area contributed by atoms with Gasteiger partial charge in [-0.25, -0.2) is 0 Å². The molecular weight excluding hydrogens is 516 g/mol. The summed E-state index contributed by atoms with van der Waals surface area (Å²) in [5.74, 6) is 5.62. The minimum atomic E-state index is -1.35. The molecule has 2 N–H and O–H groups in total. The van der Waals surface area contributed by atoms with Gasteiger partial charge in [0.25, 0.3) is 6.48 Å². The number of allylic oxidation sites excluding steroid dienone is 2. The van der Waals surface area contributed by atoms with Crippen LogP contribution in [0.3, 0.4) is 0 Å². The van der Waals surface area contributed by atoms with Crippen LogP contribution < -0.4 is 0 Å². The number of terminal acetylenes is 2. The highest BCUT2D eigenvalue weighted by Gasteiger charge is 2.34. The summed E-state index contributed by atoms with van der Waals surface area (Å²) in [5.41, 5.74) is 1.22. The topological polar surface area (TPSA) is 85.2 Å². The fourth-order valence-electron chi connectivity index (χ4n) is 5.49. The summed E-state index contributed by atoms with van der Waals surface area (Å²) >= 11 is 0. The van der Waals surface area contributed by atoms with E-state index >= 15 is 0 Å². The van der Waals surface area contributed by atoms with E-state index in [1.807, 2.05) is 32.0 Å². The molecular formula is C35H50O6. The molecule has 5 atom stereocenters. The van der Waals surface area contributed by atoms with E-state index in [0.29, 0.717) is 25.2 Å². The van der Waals surface area contributed by atoms with Crippen LogP contribution in [0.25, 0.3) is 0 Å². The Morgan fingerprint density at radius 2 is 1.83 bits per heavy atom. The fourth-order valence-corrected chi connectivity index (χ4v) is 5.49. The van der Waals surface area contributed by atoms with Gasteiger partial charge in [-0.2, -0.15) is 0 Å². The van der Waals surface area contributed by atoms with Crippen LogP contribution in [-0.4, -0.2) is 47.6 Å². The van der Waals surface area contributed by atoms with E-state index in [9.17, 15) is 15.0 Å². The Balaban J connectivity index is 1.87. The van der Waals surface area contributed by atoms with Crippen LogP contribution in [-0.2, 0) is 25.4 Å². The molecule has 1 aromatic carbocycles. The fraction of sp³-hybridized carbons (Fsp3) is 0.629. The number of rotatable bonds is 20. The predicted octanol–water partition coefficient (Wildman–Crippen LogP) is 6.20. The van der Waals surface area contributed by atoms with Crippen LogP contribution >= 0.6 is 0 Å². The standard InChI is InChI=1S/C35H50O6/c1-5-14-29(15-6-2)26-39-35(38)41-31(23-20-28-16-10-9-11-17-28)24-21-30-22-25-33(36)32(30)18-12-7-8-13-19-34(37)40-27(3)4/h1-2,7,9-12,16-17,27,29-33,35-36,38H,8,13-15,18-26H2,3-4H3/b12-7-/t30-,31-,32+,33-,35?/m0/s1. The Bertz CT molecular complexity index is 943. The van der Waals surface area contributed by atoms with Crippen molar-refractivity contribution in [2.75, 3.05) is 6.61 Å². The smallest absolute Gasteiger partial charge is 0.306 e. The molecule has 41 heavy (non-hydrogen) atoms. The van der Waals surface area contributed by atoms with E-state index < -0.39 is 6.48 Å². The Morgan fingerprint density at radius 1 is 1.10 bits per heavy atom. The molecule has 0 aromatic heterocycles. The van der Waals surface area contributed by atoms with Crippen molar-refractivity contribution in [1.82, 2.24) is 0 Å². The van der Waals surface area contributed by atoms with E-state index in [4.69, 9.17) is 27.1 Å². The maximum atomic E-state index is 11.7. The number of carbonyl (C=O) groups is 1. The third kappa shape index (κ3) is 14.7. The van der Waals surface area contributed by atoms with Crippen LogP contribution in [0.1, 0.15) is 90.0 Å². The molecule has 226 valence electrons. The zero-order valence-electron chi connectivity index (χ0n) is 25.0. The summed E-state index contributed by atoms with van der Waals surface area (Å²) in [6.45, 7) is 2.60. The lowest BCUT2D eigenvalue weighted by Gasteiger charge is -2.26. The lowest BCUT2D eigenvalue weighted by Crippen LogP contribution is -2.28. The van der Waals surface area contributed by atoms with E-state index in [2.05, 4.69) is 36.1 Å². The molecule has 0 aliphatic heterocycles. The highest BCUT2D eigenvalue weighted by atomic mass is 16.8. The quantitative estimate of drug-likeness (QED) is 0.0643. The van der Waals surface area contributed by atoms with Gasteiger partial charge < -0.3 is 24.4 Å². The Hall–Kier alpha value is -2.61. The van der Waals surface area contributed by atoms with E-state index in [1.54, 1.807) is 0 Å². The van der Waals surface area contributed by atoms with Crippen LogP contribution in [0, 0.1) is 42.4 Å². The van der Waals surface area contributed by atoms with Crippen LogP contribution in [0.2, 0.25) is 0 Å². The van der Waals surface area contributed by atoms with Gasteiger partial charge >= 0.3 is 5.97 Å². The Morgan fingerprint density at radius 3 is 2.51 bits per heavy atom. The molecule has 6 heteroatoms. The molecule has 1 unspecified atom stereocenters. The van der Waals surface area contributed by atoms with Crippen LogP contribution in [0.15, 0.2) is 42.5 Å². The van der Waals surface area contributed by atoms with Crippen LogP contribution in [0.5, 0.6) is 0 Å². The van der Waals surface area contributed by atoms with E-state index in [1.165, 1.54) is 5.56 Å². The molecule has 0 bridgehead atoms. The number of unbranched alkanes of at least 4 members (excludes halogenated alkanes) is 1. The van der Waals surface area contributed by atoms with Gasteiger partial charge in [-0.1, -0.05) is 42.5 Å². The minimum absolute atomic E-state index is 0.0198. The number of hydrogen-bond acceptors (Lipinski definition) is 6. The third-order valence-corrected chi connectivity index (χ3v) is 7.68. The second kappa shape index (κ2) is 20.3. The molecule has 6 nitrogen and oxygen atoms in total. The molecule has 1 fully saturated rings. The molecule has 0 radical (unpaired) electrons. The van der Waals surface area contributed by atoms with Gasteiger partial charge in [0.2, 0.25) is 0 Å². The van der Waals surface area contributed by atoms with Gasteiger partial charge in [0.1, 0.15) is 0 Å². The summed E-state index contributed by atoms with van der Waals surface area (Å²) in [4.78, 5) is 11.7. The van der Waals surface area contributed by atoms with Crippen molar-refractivity contribution in [3.8, 4) is 24.7 Å². The monoisotopic (exact) mass is 566 g/mol. The minimum Gasteiger partial charge on any atom is -0.463 e. The zero-order chi connectivity index (χ0) is 29.9. The Labute approximate surface area is 247 Å². The van der Waals surface area contributed by atoms with E-state index in [0.717, 1.165) is 57.8 Å². The maximum Gasteiger partial charge on any atom is 0.306 e. The largest absolute Gasteiger partial charge is 0.463 e. The molecule has 0 spiro atoms. The first kappa shape index (κ1) is 34.6. The van der Waals surface area contributed by atoms with Crippen molar-refractivity contribution in [1.29, 1.82) is 0 Å². The number of aliphatic hydroxyl groups is 2. The van der Waals surface area contributed by atoms with Gasteiger partial charge in [0, 0.05) is 25.2 Å². The number of hydrogen-bond donors (Lipinski definition) is 2. The first-order chi connectivity index (χ1) is 19.8. The third-order valence-electron chi connectivity index (χ3n) is 7.68. The zero-order valence-corrected chi connectivity index (χ0v) is 25.0. The molecule has 1 aliphatic rings. The lowest BCUT2D eigenvalue weighted by molar-refractivity contribution is -0.287. The molecule has 0 saturated heterocycles. The highest BCUT2D eigenvalue weighted by Crippen LogP contribution is 2.38. The molecule has 1 aromatic rings. The summed E-state index contributed by atoms with van der Waals surface area (Å²) in [6, 6.07) is 10.2. The molecule has 2 rings (SSSR count). The first-order valence-corrected chi connectivity index (χ1v) is 15.2. The summed E-state index contributed by atoms with van der Waals surface area (Å²) in [6.07, 6.45) is 23.3. The second-order valence-corrected chi connectivity index (χ2v) is 11.4. The molecule has 0 heterocycles. The second-order valence-electron chi connectivity index (χ2n) is 11.4. The molecule has 0 amide bonds. The number of aryl methyl sites for hydroxylation is 1. The van der Waals surface area contributed by atoms with Gasteiger partial charge in [-0.05, 0) is 89.0 Å². The van der Waals surface area contributed by atoms with Crippen molar-refractivity contribution in [2.45, 2.75) is 116 Å². The summed E-state index contributed by atoms with van der Waals surface area (Å²) in [5, 5.41) is 21.2. The van der Waals surface area contributed by atoms with Crippen molar-refractivity contribution in [3.63, 3.8) is 0 Å². The number of esters is 1. The lowest BCUT2D eigenvalue weighted by atomic mass is 9.86. The van der Waals surface area contributed by atoms with Gasteiger partial charge in [-0.3, -0.25) is 4.79 Å². The number of benzene rings is 1. The molecule has 1 saturated carbocycles. The number of aliphatic hydroxyl groups excluding tert-OH is 2. The SMILES string of the molecule is C#CCC(CC#C)COC(O)O[C@@H](CCc1ccccc1)CC[C@H]1CC[C@H](O)[C@@H]1C/C=C\CCCC(=O)OC(C)C. The average molecular weight is 567 g/mol. The van der Waals surface area contributed by atoms with Crippen LogP contribution in [0.4, 0.5) is 0 Å². The number of ether oxygens (including phenoxy) is 3. The summed E-state index contributed by atoms with van der Waals surface area (Å²) < 4.78 is 16.7. The average Bonchev–Trinajstić information content (AvgIpc) is 3.30. The normalized spacial score (nSPS) is 20.2. The van der Waals surface area contributed by atoms with Crippen molar-refractivity contribution in [3.05, 3.63) is 48.0 Å². The van der Waals surface area contributed by atoms with Crippen molar-refractivity contribution in [2.24, 2.45) is 17.8 Å². The van der Waals surface area contributed by atoms with E-state index in [-0.39, 0.29) is 42.7 Å². The molecule has 1 aliphatic carbocycles. The Kier molecular flexibility index (Phi) is 17.1. The van der Waals surface area contributed by atoms with Gasteiger partial charge in [0.05, 0.1) is 24.9 Å². The highest BCUT2D eigenvalue weighted by molar-refractivity contribution is 5.69. The van der Waals surface area contributed by atoms with Gasteiger partial charge in [-0.15, -0.1) is 24.7 Å². The first-order valence-electron chi connectivity index (χ1n) is 15.2. The van der Waals surface area contributed by atoms with Crippen molar-refractivity contribution >= 4 is 5.97 Å². The number of carbonyl (C=O) groups excluding carboxylic acids is 1. The van der Waals surface area contributed by atoms with Gasteiger partial charge in [0.15, 0.2) is 0 Å². The van der Waals surface area contributed by atoms with Crippen molar-refractivity contribution < 1.29 is 29.2 Å². The summed E-state index contributed by atoms with van der Waals surface area (Å²) in [7, 11) is 0.